The molecule has 10 heteroatoms. The summed E-state index contributed by atoms with van der Waals surface area (Å²) in [5.41, 5.74) is -0.402. The number of nitrogens with zero attached hydrogens (tertiary/aromatic N) is 1. The van der Waals surface area contributed by atoms with Gasteiger partial charge in [-0.15, -0.1) is 0 Å². The Morgan fingerprint density at radius 2 is 1.79 bits per heavy atom. The largest absolute Gasteiger partial charge is 0.496 e. The van der Waals surface area contributed by atoms with Gasteiger partial charge in [-0.1, -0.05) is 0 Å². The Morgan fingerprint density at radius 1 is 1.21 bits per heavy atom. The number of carbonyl (C=O) groups is 2. The molecule has 9 nitrogen and oxygen atoms in total. The smallest absolute Gasteiger partial charge is 0.407 e. The van der Waals surface area contributed by atoms with Crippen molar-refractivity contribution in [2.75, 3.05) is 31.4 Å². The number of carboxylic acid groups (broad SMARTS) is 1. The molecule has 0 spiro atoms. The topological polar surface area (TPSA) is 122 Å². The van der Waals surface area contributed by atoms with Crippen LogP contribution in [0.2, 0.25) is 0 Å². The molecule has 0 bridgehead atoms. The van der Waals surface area contributed by atoms with Crippen molar-refractivity contribution in [2.45, 2.75) is 50.2 Å². The van der Waals surface area contributed by atoms with Gasteiger partial charge < -0.3 is 24.8 Å². The number of alkyl carbamates (subject to hydrolysis) is 1. The summed E-state index contributed by atoms with van der Waals surface area (Å²) in [4.78, 5) is 25.2. The summed E-state index contributed by atoms with van der Waals surface area (Å²) in [5, 5.41) is 12.2. The molecule has 0 aliphatic carbocycles. The molecule has 0 atom stereocenters. The highest BCUT2D eigenvalue weighted by atomic mass is 32.2. The van der Waals surface area contributed by atoms with Gasteiger partial charge in [-0.05, 0) is 39.7 Å². The van der Waals surface area contributed by atoms with Gasteiger partial charge in [-0.3, -0.25) is 0 Å². The second-order valence-corrected chi connectivity index (χ2v) is 9.99. The Kier molecular flexibility index (Phi) is 6.67. The Morgan fingerprint density at radius 3 is 2.24 bits per heavy atom. The van der Waals surface area contributed by atoms with Crippen LogP contribution in [0.3, 0.4) is 0 Å². The number of sulfone groups is 1. The summed E-state index contributed by atoms with van der Waals surface area (Å²) >= 11 is 0. The summed E-state index contributed by atoms with van der Waals surface area (Å²) in [6.07, 6.45) is 1.73. The molecule has 0 aromatic heterocycles. The van der Waals surface area contributed by atoms with Gasteiger partial charge in [-0.2, -0.15) is 0 Å². The molecular weight excluding hydrogens is 400 g/mol. The van der Waals surface area contributed by atoms with Crippen LogP contribution < -0.4 is 15.0 Å². The normalized spacial score (nSPS) is 15.7. The first-order chi connectivity index (χ1) is 13.3. The van der Waals surface area contributed by atoms with Crippen molar-refractivity contribution in [1.82, 2.24) is 5.32 Å². The lowest BCUT2D eigenvalue weighted by Gasteiger charge is -2.35. The molecule has 2 rings (SSSR count). The molecule has 162 valence electrons. The van der Waals surface area contributed by atoms with Crippen molar-refractivity contribution < 1.29 is 32.6 Å². The van der Waals surface area contributed by atoms with Gasteiger partial charge in [0.05, 0.1) is 17.7 Å². The second kappa shape index (κ2) is 8.48. The first-order valence-electron chi connectivity index (χ1n) is 9.21. The first kappa shape index (κ1) is 22.8. The lowest BCUT2D eigenvalue weighted by molar-refractivity contribution is 0.0496. The van der Waals surface area contributed by atoms with E-state index in [1.807, 2.05) is 4.90 Å². The number of benzene rings is 1. The highest BCUT2D eigenvalue weighted by molar-refractivity contribution is 7.90. The van der Waals surface area contributed by atoms with E-state index in [0.717, 1.165) is 12.3 Å². The number of hydrogen-bond donors (Lipinski definition) is 2. The van der Waals surface area contributed by atoms with Crippen LogP contribution >= 0.6 is 0 Å². The average Bonchev–Trinajstić information content (AvgIpc) is 2.58. The lowest BCUT2D eigenvalue weighted by Crippen LogP contribution is -2.46. The molecule has 0 radical (unpaired) electrons. The first-order valence-corrected chi connectivity index (χ1v) is 11.1. The van der Waals surface area contributed by atoms with Crippen LogP contribution in [0.1, 0.15) is 44.0 Å². The molecule has 1 heterocycles. The number of nitrogens with one attached hydrogen (secondary N) is 1. The molecule has 1 aliphatic rings. The number of aromatic carboxylic acids is 1. The molecule has 0 saturated carbocycles. The zero-order chi connectivity index (χ0) is 22.0. The summed E-state index contributed by atoms with van der Waals surface area (Å²) in [5.74, 6) is -1.17. The van der Waals surface area contributed by atoms with E-state index < -0.39 is 27.5 Å². The van der Waals surface area contributed by atoms with Crippen molar-refractivity contribution >= 4 is 27.6 Å². The highest BCUT2D eigenvalue weighted by Crippen LogP contribution is 2.34. The Bertz CT molecular complexity index is 883. The fourth-order valence-electron chi connectivity index (χ4n) is 3.17. The van der Waals surface area contributed by atoms with Gasteiger partial charge in [0.2, 0.25) is 0 Å². The van der Waals surface area contributed by atoms with E-state index in [4.69, 9.17) is 9.47 Å². The predicted octanol–water partition coefficient (Wildman–Crippen LogP) is 2.29. The number of hydrogen-bond acceptors (Lipinski definition) is 7. The van der Waals surface area contributed by atoms with Crippen LogP contribution in [-0.2, 0) is 14.6 Å². The molecule has 1 fully saturated rings. The lowest BCUT2D eigenvalue weighted by atomic mass is 10.0. The van der Waals surface area contributed by atoms with E-state index in [-0.39, 0.29) is 22.3 Å². The Labute approximate surface area is 170 Å². The SMILES string of the molecule is COc1cc(N2CCC(NC(=O)OC(C)(C)C)CC2)c(S(C)(=O)=O)cc1C(=O)O. The van der Waals surface area contributed by atoms with E-state index in [2.05, 4.69) is 5.32 Å². The minimum Gasteiger partial charge on any atom is -0.496 e. The van der Waals surface area contributed by atoms with E-state index in [1.54, 1.807) is 20.8 Å². The molecule has 29 heavy (non-hydrogen) atoms. The average molecular weight is 429 g/mol. The van der Waals surface area contributed by atoms with Gasteiger partial charge in [0, 0.05) is 31.5 Å². The Hall–Kier alpha value is -2.49. The van der Waals surface area contributed by atoms with Crippen LogP contribution in [0.25, 0.3) is 0 Å². The maximum Gasteiger partial charge on any atom is 0.407 e. The quantitative estimate of drug-likeness (QED) is 0.732. The maximum absolute atomic E-state index is 12.3. The van der Waals surface area contributed by atoms with Gasteiger partial charge in [0.25, 0.3) is 0 Å². The number of carbonyl (C=O) groups excluding carboxylic acids is 1. The highest BCUT2D eigenvalue weighted by Gasteiger charge is 2.28. The summed E-state index contributed by atoms with van der Waals surface area (Å²) in [6, 6.07) is 2.49. The third-order valence-electron chi connectivity index (χ3n) is 4.47. The minimum atomic E-state index is -3.67. The number of amides is 1. The van der Waals surface area contributed by atoms with E-state index in [0.29, 0.717) is 31.6 Å². The number of carboxylic acids is 1. The van der Waals surface area contributed by atoms with Gasteiger partial charge in [-0.25, -0.2) is 18.0 Å². The number of rotatable bonds is 5. The molecule has 1 aromatic carbocycles. The zero-order valence-corrected chi connectivity index (χ0v) is 18.1. The molecular formula is C19H28N2O7S. The predicted molar refractivity (Wildman–Crippen MR) is 108 cm³/mol. The van der Waals surface area contributed by atoms with Crippen LogP contribution in [-0.4, -0.2) is 63.7 Å². The van der Waals surface area contributed by atoms with Gasteiger partial charge in [0.15, 0.2) is 9.84 Å². The Balaban J connectivity index is 2.21. The zero-order valence-electron chi connectivity index (χ0n) is 17.3. The third-order valence-corrected chi connectivity index (χ3v) is 5.59. The van der Waals surface area contributed by atoms with Gasteiger partial charge >= 0.3 is 12.1 Å². The van der Waals surface area contributed by atoms with Crippen molar-refractivity contribution in [2.24, 2.45) is 0 Å². The van der Waals surface area contributed by atoms with Crippen LogP contribution in [0, 0.1) is 0 Å². The number of ether oxygens (including phenoxy) is 2. The second-order valence-electron chi connectivity index (χ2n) is 8.01. The fourth-order valence-corrected chi connectivity index (χ4v) is 4.07. The standard InChI is InChI=1S/C19H28N2O7S/c1-19(2,3)28-18(24)20-12-6-8-21(9-7-12)14-11-15(27-4)13(17(22)23)10-16(14)29(5,25)26/h10-12H,6-9H2,1-5H3,(H,20,24)(H,22,23). The van der Waals surface area contributed by atoms with Crippen molar-refractivity contribution in [3.05, 3.63) is 17.7 Å². The van der Waals surface area contributed by atoms with Crippen LogP contribution in [0.15, 0.2) is 17.0 Å². The van der Waals surface area contributed by atoms with Crippen molar-refractivity contribution in [1.29, 1.82) is 0 Å². The fraction of sp³-hybridized carbons (Fsp3) is 0.579. The number of anilines is 1. The van der Waals surface area contributed by atoms with E-state index >= 15 is 0 Å². The number of methoxy groups -OCH3 is 1. The number of piperidine rings is 1. The molecule has 1 aliphatic heterocycles. The minimum absolute atomic E-state index is 0.0609. The molecule has 1 aromatic rings. The van der Waals surface area contributed by atoms with Crippen LogP contribution in [0.5, 0.6) is 5.75 Å². The molecule has 2 N–H and O–H groups in total. The van der Waals surface area contributed by atoms with E-state index in [1.165, 1.54) is 13.2 Å². The summed E-state index contributed by atoms with van der Waals surface area (Å²) in [7, 11) is -2.33. The van der Waals surface area contributed by atoms with Crippen molar-refractivity contribution in [3.8, 4) is 5.75 Å². The van der Waals surface area contributed by atoms with Gasteiger partial charge in [0.1, 0.15) is 16.9 Å². The van der Waals surface area contributed by atoms with Crippen LogP contribution in [0.4, 0.5) is 10.5 Å². The molecule has 1 amide bonds. The van der Waals surface area contributed by atoms with Crippen molar-refractivity contribution in [3.63, 3.8) is 0 Å². The monoisotopic (exact) mass is 428 g/mol. The molecule has 0 unspecified atom stereocenters. The summed E-state index contributed by atoms with van der Waals surface area (Å²) < 4.78 is 35.0. The van der Waals surface area contributed by atoms with E-state index in [9.17, 15) is 23.1 Å². The maximum atomic E-state index is 12.3. The molecule has 1 saturated heterocycles. The summed E-state index contributed by atoms with van der Waals surface area (Å²) in [6.45, 7) is 6.33. The third kappa shape index (κ3) is 5.99.